The van der Waals surface area contributed by atoms with E-state index in [9.17, 15) is 9.59 Å². The first kappa shape index (κ1) is 21.8. The second-order valence-corrected chi connectivity index (χ2v) is 8.56. The van der Waals surface area contributed by atoms with Gasteiger partial charge in [0.05, 0.1) is 23.8 Å². The van der Waals surface area contributed by atoms with Gasteiger partial charge in [-0.1, -0.05) is 17.8 Å². The van der Waals surface area contributed by atoms with Crippen molar-refractivity contribution in [2.75, 3.05) is 11.1 Å². The van der Waals surface area contributed by atoms with Crippen LogP contribution in [0.2, 0.25) is 0 Å². The molecule has 3 heterocycles. The van der Waals surface area contributed by atoms with Crippen molar-refractivity contribution in [1.29, 1.82) is 0 Å². The summed E-state index contributed by atoms with van der Waals surface area (Å²) in [5.74, 6) is 0.408. The molecule has 11 heteroatoms. The molecule has 0 unspecified atom stereocenters. The Morgan fingerprint density at radius 3 is 2.83 bits per heavy atom. The number of aryl methyl sites for hydroxylation is 2. The quantitative estimate of drug-likeness (QED) is 0.382. The van der Waals surface area contributed by atoms with E-state index in [0.29, 0.717) is 22.7 Å². The number of nitrogens with one attached hydrogen (secondary N) is 2. The third-order valence-corrected chi connectivity index (χ3v) is 6.10. The fourth-order valence-corrected chi connectivity index (χ4v) is 4.17. The van der Waals surface area contributed by atoms with Crippen LogP contribution in [0.15, 0.2) is 40.6 Å². The zero-order valence-electron chi connectivity index (χ0n) is 16.8. The Bertz CT molecular complexity index is 1020. The van der Waals surface area contributed by atoms with Gasteiger partial charge in [0.1, 0.15) is 0 Å². The number of carbonyl (C=O) groups excluding carboxylic acids is 2. The number of nitrogens with zero attached hydrogens (tertiary/aromatic N) is 4. The molecule has 0 spiro atoms. The van der Waals surface area contributed by atoms with Crippen molar-refractivity contribution in [3.63, 3.8) is 0 Å². The molecule has 0 fully saturated rings. The third kappa shape index (κ3) is 5.16. The molecule has 2 N–H and O–H groups in total. The number of aromatic nitrogens is 4. The van der Waals surface area contributed by atoms with Gasteiger partial charge in [-0.25, -0.2) is 4.98 Å². The molecular formula is C19H22N6O3S2. The van der Waals surface area contributed by atoms with Crippen molar-refractivity contribution >= 4 is 40.0 Å². The smallest absolute Gasteiger partial charge is 0.287 e. The SMILES string of the molecule is C=CCn1c(SCC(=O)Nc2nc(C)c(C)s2)nnc1[C@@H](C)NC(=O)c1ccco1. The van der Waals surface area contributed by atoms with Crippen LogP contribution < -0.4 is 10.6 Å². The van der Waals surface area contributed by atoms with E-state index >= 15 is 0 Å². The van der Waals surface area contributed by atoms with Gasteiger partial charge in [-0.2, -0.15) is 0 Å². The number of thioether (sulfide) groups is 1. The number of carbonyl (C=O) groups is 2. The number of hydrogen-bond donors (Lipinski definition) is 2. The van der Waals surface area contributed by atoms with Crippen LogP contribution in [0.3, 0.4) is 0 Å². The lowest BCUT2D eigenvalue weighted by Gasteiger charge is -2.14. The predicted octanol–water partition coefficient (Wildman–Crippen LogP) is 3.35. The molecule has 0 bridgehead atoms. The van der Waals surface area contributed by atoms with Gasteiger partial charge in [-0.3, -0.25) is 9.59 Å². The molecule has 158 valence electrons. The summed E-state index contributed by atoms with van der Waals surface area (Å²) in [4.78, 5) is 29.9. The molecule has 0 aliphatic heterocycles. The first-order valence-corrected chi connectivity index (χ1v) is 10.9. The zero-order chi connectivity index (χ0) is 21.7. The number of hydrogen-bond acceptors (Lipinski definition) is 8. The van der Waals surface area contributed by atoms with E-state index in [1.165, 1.54) is 29.4 Å². The van der Waals surface area contributed by atoms with Gasteiger partial charge < -0.3 is 19.6 Å². The standard InChI is InChI=1S/C19H22N6O3S2/c1-5-8-25-16(12(3)20-17(27)14-7-6-9-28-14)23-24-19(25)29-10-15(26)22-18-21-11(2)13(4)30-18/h5-7,9,12H,1,8,10H2,2-4H3,(H,20,27)(H,21,22,26)/t12-/m1/s1. The normalized spacial score (nSPS) is 11.8. The molecule has 0 saturated carbocycles. The minimum atomic E-state index is -0.417. The van der Waals surface area contributed by atoms with Crippen LogP contribution in [-0.4, -0.2) is 37.3 Å². The number of amides is 2. The summed E-state index contributed by atoms with van der Waals surface area (Å²) in [6.07, 6.45) is 3.15. The fourth-order valence-electron chi connectivity index (χ4n) is 2.58. The molecule has 0 radical (unpaired) electrons. The van der Waals surface area contributed by atoms with Crippen LogP contribution in [0.4, 0.5) is 5.13 Å². The summed E-state index contributed by atoms with van der Waals surface area (Å²) in [7, 11) is 0. The molecule has 0 aliphatic carbocycles. The average Bonchev–Trinajstić information content (AvgIpc) is 3.42. The Morgan fingerprint density at radius 1 is 1.40 bits per heavy atom. The van der Waals surface area contributed by atoms with E-state index in [-0.39, 0.29) is 23.3 Å². The number of rotatable bonds is 9. The van der Waals surface area contributed by atoms with Gasteiger partial charge in [0.25, 0.3) is 5.91 Å². The lowest BCUT2D eigenvalue weighted by Crippen LogP contribution is -2.28. The van der Waals surface area contributed by atoms with E-state index in [1.807, 2.05) is 18.4 Å². The summed E-state index contributed by atoms with van der Waals surface area (Å²) >= 11 is 2.70. The minimum absolute atomic E-state index is 0.153. The number of furan rings is 1. The van der Waals surface area contributed by atoms with E-state index in [0.717, 1.165) is 10.6 Å². The molecular weight excluding hydrogens is 424 g/mol. The lowest BCUT2D eigenvalue weighted by molar-refractivity contribution is -0.113. The molecule has 1 atom stereocenters. The summed E-state index contributed by atoms with van der Waals surface area (Å²) in [5, 5.41) is 15.2. The fraction of sp³-hybridized carbons (Fsp3) is 0.316. The Kier molecular flexibility index (Phi) is 7.06. The van der Waals surface area contributed by atoms with Crippen molar-refractivity contribution < 1.29 is 14.0 Å². The molecule has 30 heavy (non-hydrogen) atoms. The average molecular weight is 447 g/mol. The van der Waals surface area contributed by atoms with E-state index in [1.54, 1.807) is 25.1 Å². The first-order chi connectivity index (χ1) is 14.4. The number of anilines is 1. The topological polar surface area (TPSA) is 115 Å². The van der Waals surface area contributed by atoms with Gasteiger partial charge in [0.15, 0.2) is 21.9 Å². The summed E-state index contributed by atoms with van der Waals surface area (Å²) in [6, 6.07) is 2.81. The van der Waals surface area contributed by atoms with E-state index in [4.69, 9.17) is 4.42 Å². The highest BCUT2D eigenvalue weighted by Gasteiger charge is 2.21. The third-order valence-electron chi connectivity index (χ3n) is 4.14. The number of thiazole rings is 1. The second kappa shape index (κ2) is 9.72. The highest BCUT2D eigenvalue weighted by atomic mass is 32.2. The maximum Gasteiger partial charge on any atom is 0.287 e. The summed E-state index contributed by atoms with van der Waals surface area (Å²) in [5.41, 5.74) is 0.906. The van der Waals surface area contributed by atoms with Gasteiger partial charge in [-0.15, -0.1) is 28.1 Å². The van der Waals surface area contributed by atoms with Crippen LogP contribution >= 0.6 is 23.1 Å². The van der Waals surface area contributed by atoms with Crippen LogP contribution in [0.5, 0.6) is 0 Å². The molecule has 2 amide bonds. The van der Waals surface area contributed by atoms with Crippen LogP contribution in [-0.2, 0) is 11.3 Å². The largest absolute Gasteiger partial charge is 0.459 e. The highest BCUT2D eigenvalue weighted by Crippen LogP contribution is 2.23. The molecule has 3 aromatic rings. The van der Waals surface area contributed by atoms with Gasteiger partial charge in [-0.05, 0) is 32.9 Å². The van der Waals surface area contributed by atoms with Crippen LogP contribution in [0.25, 0.3) is 0 Å². The van der Waals surface area contributed by atoms with Crippen LogP contribution in [0, 0.1) is 13.8 Å². The van der Waals surface area contributed by atoms with Crippen LogP contribution in [0.1, 0.15) is 39.9 Å². The van der Waals surface area contributed by atoms with E-state index < -0.39 is 6.04 Å². The van der Waals surface area contributed by atoms with Crippen molar-refractivity contribution in [2.45, 2.75) is 38.5 Å². The second-order valence-electron chi connectivity index (χ2n) is 6.41. The van der Waals surface area contributed by atoms with Crippen molar-refractivity contribution in [3.8, 4) is 0 Å². The summed E-state index contributed by atoms with van der Waals surface area (Å²) < 4.78 is 6.93. The Hall–Kier alpha value is -2.92. The predicted molar refractivity (Wildman–Crippen MR) is 116 cm³/mol. The Labute approximate surface area is 182 Å². The maximum absolute atomic E-state index is 12.3. The molecule has 0 aliphatic rings. The zero-order valence-corrected chi connectivity index (χ0v) is 18.5. The van der Waals surface area contributed by atoms with E-state index in [2.05, 4.69) is 32.4 Å². The Balaban J connectivity index is 1.65. The molecule has 0 aromatic carbocycles. The van der Waals surface area contributed by atoms with Crippen molar-refractivity contribution in [1.82, 2.24) is 25.1 Å². The molecule has 0 saturated heterocycles. The number of allylic oxidation sites excluding steroid dienone is 1. The van der Waals surface area contributed by atoms with Gasteiger partial charge >= 0.3 is 0 Å². The van der Waals surface area contributed by atoms with Gasteiger partial charge in [0.2, 0.25) is 5.91 Å². The maximum atomic E-state index is 12.3. The first-order valence-electron chi connectivity index (χ1n) is 9.14. The molecule has 9 nitrogen and oxygen atoms in total. The van der Waals surface area contributed by atoms with Crippen molar-refractivity contribution in [3.05, 3.63) is 53.2 Å². The van der Waals surface area contributed by atoms with Crippen molar-refractivity contribution in [2.24, 2.45) is 0 Å². The lowest BCUT2D eigenvalue weighted by atomic mass is 10.3. The summed E-state index contributed by atoms with van der Waals surface area (Å²) in [6.45, 7) is 9.88. The monoisotopic (exact) mass is 446 g/mol. The highest BCUT2D eigenvalue weighted by molar-refractivity contribution is 7.99. The molecule has 3 rings (SSSR count). The Morgan fingerprint density at radius 2 is 2.20 bits per heavy atom. The van der Waals surface area contributed by atoms with Gasteiger partial charge in [0, 0.05) is 11.4 Å². The molecule has 3 aromatic heterocycles. The minimum Gasteiger partial charge on any atom is -0.459 e.